The molecule has 0 bridgehead atoms. The van der Waals surface area contributed by atoms with Crippen LogP contribution >= 0.6 is 12.6 Å². The van der Waals surface area contributed by atoms with Gasteiger partial charge >= 0.3 is 12.2 Å². The predicted molar refractivity (Wildman–Crippen MR) is 156 cm³/mol. The lowest BCUT2D eigenvalue weighted by Gasteiger charge is -2.40. The summed E-state index contributed by atoms with van der Waals surface area (Å²) in [6.07, 6.45) is 0.244. The van der Waals surface area contributed by atoms with Crippen molar-refractivity contribution >= 4 is 48.4 Å². The van der Waals surface area contributed by atoms with E-state index in [0.29, 0.717) is 37.2 Å². The number of nitrogens with zero attached hydrogens (tertiary/aromatic N) is 6. The highest BCUT2D eigenvalue weighted by Gasteiger charge is 2.42. The van der Waals surface area contributed by atoms with Crippen LogP contribution in [0.25, 0.3) is 0 Å². The molecular weight excluding hydrogens is 584 g/mol. The lowest BCUT2D eigenvalue weighted by Crippen LogP contribution is -2.57. The molecule has 0 radical (unpaired) electrons. The molecule has 0 aliphatic carbocycles. The summed E-state index contributed by atoms with van der Waals surface area (Å²) in [6, 6.07) is 10.4. The molecule has 3 amide bonds. The number of hydrogen-bond acceptors (Lipinski definition) is 10. The third kappa shape index (κ3) is 8.18. The van der Waals surface area contributed by atoms with Crippen molar-refractivity contribution in [2.24, 2.45) is 4.99 Å². The molecule has 2 aliphatic rings. The van der Waals surface area contributed by atoms with Gasteiger partial charge in [-0.2, -0.15) is 17.6 Å². The summed E-state index contributed by atoms with van der Waals surface area (Å²) < 4.78 is 10.5. The monoisotopic (exact) mass is 614 g/mol. The maximum atomic E-state index is 13.4. The molecule has 2 heterocycles. The molecule has 0 saturated carbocycles. The van der Waals surface area contributed by atoms with E-state index in [1.165, 1.54) is 59.8 Å². The van der Waals surface area contributed by atoms with Gasteiger partial charge in [0.2, 0.25) is 5.91 Å². The van der Waals surface area contributed by atoms with Gasteiger partial charge in [0.25, 0.3) is 11.4 Å². The second-order valence-corrected chi connectivity index (χ2v) is 10.9. The van der Waals surface area contributed by atoms with E-state index in [9.17, 15) is 34.6 Å². The summed E-state index contributed by atoms with van der Waals surface area (Å²) in [4.78, 5) is 67.6. The molecule has 0 aromatic heterocycles. The van der Waals surface area contributed by atoms with E-state index >= 15 is 0 Å². The second kappa shape index (κ2) is 14.0. The van der Waals surface area contributed by atoms with Crippen LogP contribution < -0.4 is 0 Å². The Morgan fingerprint density at radius 2 is 1.49 bits per heavy atom. The van der Waals surface area contributed by atoms with Gasteiger partial charge in [0.15, 0.2) is 0 Å². The Hall–Kier alpha value is -4.73. The maximum Gasteiger partial charge on any atom is 0.435 e. The number of ether oxygens (including phenoxy) is 2. The molecule has 16 heteroatoms. The molecule has 2 aromatic rings. The zero-order chi connectivity index (χ0) is 31.1. The number of rotatable bonds is 8. The molecule has 4 rings (SSSR count). The first-order chi connectivity index (χ1) is 20.5. The lowest BCUT2D eigenvalue weighted by molar-refractivity contribution is -0.385. The van der Waals surface area contributed by atoms with E-state index in [1.807, 2.05) is 11.8 Å². The smallest absolute Gasteiger partial charge is 0.435 e. The Morgan fingerprint density at radius 3 is 2.02 bits per heavy atom. The largest absolute Gasteiger partial charge is 0.445 e. The zero-order valence-corrected chi connectivity index (χ0v) is 24.1. The van der Waals surface area contributed by atoms with Crippen molar-refractivity contribution in [3.8, 4) is 0 Å². The van der Waals surface area contributed by atoms with E-state index in [4.69, 9.17) is 9.47 Å². The Kier molecular flexibility index (Phi) is 10.1. The molecule has 2 saturated heterocycles. The Labute approximate surface area is 251 Å². The molecule has 2 aliphatic heterocycles. The van der Waals surface area contributed by atoms with E-state index < -0.39 is 28.1 Å². The van der Waals surface area contributed by atoms with Gasteiger partial charge in [-0.1, -0.05) is 0 Å². The fourth-order valence-electron chi connectivity index (χ4n) is 4.76. The summed E-state index contributed by atoms with van der Waals surface area (Å²) in [5.74, 6) is -0.227. The van der Waals surface area contributed by atoms with Crippen molar-refractivity contribution < 1.29 is 33.7 Å². The molecule has 0 N–H and O–H groups in total. The topological polar surface area (TPSA) is 178 Å². The highest BCUT2D eigenvalue weighted by molar-refractivity contribution is 7.81. The standard InChI is InChI=1S/C27H30N6O9S/c1-18-13-29(10-11-30(18)17-28-26(35)41-15-19-2-6-21(7-3-19)32(37)38)25(34)24-12-23(43)14-31(24)27(36)42-16-20-4-8-22(9-5-20)33(39)40/h2-9,17-18,23-24,43H,10-16H2,1H3/t18-,23-,24-/m0/s1. The van der Waals surface area contributed by atoms with Gasteiger partial charge in [0, 0.05) is 61.7 Å². The third-order valence-electron chi connectivity index (χ3n) is 7.12. The highest BCUT2D eigenvalue weighted by Crippen LogP contribution is 2.26. The minimum atomic E-state index is -0.822. The minimum Gasteiger partial charge on any atom is -0.445 e. The van der Waals surface area contributed by atoms with E-state index in [1.54, 1.807) is 4.90 Å². The molecule has 0 unspecified atom stereocenters. The predicted octanol–water partition coefficient (Wildman–Crippen LogP) is 3.41. The van der Waals surface area contributed by atoms with Gasteiger partial charge in [-0.15, -0.1) is 0 Å². The highest BCUT2D eigenvalue weighted by atomic mass is 32.1. The maximum absolute atomic E-state index is 13.4. The Morgan fingerprint density at radius 1 is 0.930 bits per heavy atom. The minimum absolute atomic E-state index is 0.0644. The van der Waals surface area contributed by atoms with Gasteiger partial charge < -0.3 is 19.3 Å². The van der Waals surface area contributed by atoms with Crippen molar-refractivity contribution in [2.45, 2.75) is 43.9 Å². The first-order valence-electron chi connectivity index (χ1n) is 13.4. The summed E-state index contributed by atoms with van der Waals surface area (Å²) >= 11 is 4.48. The van der Waals surface area contributed by atoms with Crippen LogP contribution in [-0.4, -0.2) is 92.5 Å². The molecular formula is C27H30N6O9S. The normalized spacial score (nSPS) is 20.2. The molecule has 228 valence electrons. The fraction of sp³-hybridized carbons (Fsp3) is 0.407. The van der Waals surface area contributed by atoms with Gasteiger partial charge in [0.1, 0.15) is 19.3 Å². The van der Waals surface area contributed by atoms with Crippen molar-refractivity contribution in [2.75, 3.05) is 26.2 Å². The van der Waals surface area contributed by atoms with Crippen LogP contribution in [0.15, 0.2) is 53.5 Å². The molecule has 2 aromatic carbocycles. The molecule has 0 spiro atoms. The number of amides is 3. The van der Waals surface area contributed by atoms with Gasteiger partial charge in [-0.25, -0.2) is 9.59 Å². The second-order valence-electron chi connectivity index (χ2n) is 10.1. The number of non-ortho nitro benzene ring substituents is 2. The van der Waals surface area contributed by atoms with E-state index in [-0.39, 0.29) is 48.3 Å². The lowest BCUT2D eigenvalue weighted by atomic mass is 10.1. The molecule has 43 heavy (non-hydrogen) atoms. The summed E-state index contributed by atoms with van der Waals surface area (Å²) in [7, 11) is 0. The number of thiol groups is 1. The Balaban J connectivity index is 1.26. The van der Waals surface area contributed by atoms with Crippen molar-refractivity contribution in [3.63, 3.8) is 0 Å². The number of benzene rings is 2. The fourth-order valence-corrected chi connectivity index (χ4v) is 5.14. The quantitative estimate of drug-likeness (QED) is 0.152. The van der Waals surface area contributed by atoms with Crippen molar-refractivity contribution in [3.05, 3.63) is 79.9 Å². The van der Waals surface area contributed by atoms with Crippen LogP contribution in [0.4, 0.5) is 21.0 Å². The summed E-state index contributed by atoms with van der Waals surface area (Å²) in [5.41, 5.74) is 1.02. The number of carbonyl (C=O) groups excluding carboxylic acids is 3. The van der Waals surface area contributed by atoms with Crippen LogP contribution in [0.3, 0.4) is 0 Å². The molecule has 2 fully saturated rings. The van der Waals surface area contributed by atoms with Gasteiger partial charge in [0.05, 0.1) is 16.2 Å². The zero-order valence-electron chi connectivity index (χ0n) is 23.2. The van der Waals surface area contributed by atoms with Crippen LogP contribution in [0.2, 0.25) is 0 Å². The van der Waals surface area contributed by atoms with Crippen molar-refractivity contribution in [1.82, 2.24) is 14.7 Å². The van der Waals surface area contributed by atoms with Gasteiger partial charge in [-0.3, -0.25) is 29.9 Å². The van der Waals surface area contributed by atoms with Crippen molar-refractivity contribution in [1.29, 1.82) is 0 Å². The average Bonchev–Trinajstić information content (AvgIpc) is 3.39. The molecule has 3 atom stereocenters. The number of nitro groups is 2. The number of aliphatic imine (C=N–C) groups is 1. The first kappa shape index (κ1) is 31.2. The van der Waals surface area contributed by atoms with E-state index in [0.717, 1.165) is 0 Å². The van der Waals surface area contributed by atoms with Gasteiger partial charge in [-0.05, 0) is 48.7 Å². The van der Waals surface area contributed by atoms with E-state index in [2.05, 4.69) is 17.6 Å². The third-order valence-corrected chi connectivity index (χ3v) is 7.49. The summed E-state index contributed by atoms with van der Waals surface area (Å²) in [6.45, 7) is 2.99. The van der Waals surface area contributed by atoms with Crippen LogP contribution in [0.5, 0.6) is 0 Å². The number of carbonyl (C=O) groups is 3. The SMILES string of the molecule is C[C@H]1CN(C(=O)[C@@H]2C[C@H](S)CN2C(=O)OCc2ccc([N+](=O)[O-])cc2)CCN1C=NC(=O)OCc1ccc([N+](=O)[O-])cc1. The van der Waals surface area contributed by atoms with Crippen LogP contribution in [0.1, 0.15) is 24.5 Å². The number of piperazine rings is 1. The summed E-state index contributed by atoms with van der Waals surface area (Å²) in [5, 5.41) is 21.4. The first-order valence-corrected chi connectivity index (χ1v) is 13.9. The average molecular weight is 615 g/mol. The molecule has 15 nitrogen and oxygen atoms in total. The number of likely N-dealkylation sites (tertiary alicyclic amines) is 1. The number of hydrogen-bond donors (Lipinski definition) is 1. The number of nitro benzene ring substituents is 2. The van der Waals surface area contributed by atoms with Crippen LogP contribution in [-0.2, 0) is 27.5 Å². The Bertz CT molecular complexity index is 1390. The van der Waals surface area contributed by atoms with Crippen LogP contribution in [0, 0.1) is 20.2 Å².